The largest absolute Gasteiger partial charge is 0.446 e. The average molecular weight is 202 g/mol. The summed E-state index contributed by atoms with van der Waals surface area (Å²) in [6, 6.07) is 8.07. The Kier molecular flexibility index (Phi) is 2.56. The third-order valence-electron chi connectivity index (χ3n) is 2.37. The topological polar surface area (TPSA) is 52.0 Å². The first-order valence-corrected chi connectivity index (χ1v) is 4.94. The van der Waals surface area contributed by atoms with Crippen molar-refractivity contribution < 1.29 is 4.42 Å². The summed E-state index contributed by atoms with van der Waals surface area (Å²) in [6.45, 7) is 4.34. The van der Waals surface area contributed by atoms with Crippen molar-refractivity contribution in [2.45, 2.75) is 20.4 Å². The van der Waals surface area contributed by atoms with Gasteiger partial charge in [0.25, 0.3) is 0 Å². The highest BCUT2D eigenvalue weighted by atomic mass is 16.4. The van der Waals surface area contributed by atoms with Crippen molar-refractivity contribution in [1.29, 1.82) is 0 Å². The molecule has 1 aromatic heterocycles. The standard InChI is InChI=1S/C12H14N2O/c1-8-12(14-9(2)15-8)11-5-3-10(7-13)4-6-11/h3-6H,7,13H2,1-2H3. The fraction of sp³-hybridized carbons (Fsp3) is 0.250. The molecule has 0 aliphatic carbocycles. The smallest absolute Gasteiger partial charge is 0.191 e. The molecule has 0 aliphatic rings. The molecule has 2 rings (SSSR count). The fourth-order valence-electron chi connectivity index (χ4n) is 1.60. The van der Waals surface area contributed by atoms with Crippen LogP contribution in [-0.4, -0.2) is 4.98 Å². The molecule has 0 fully saturated rings. The van der Waals surface area contributed by atoms with Crippen LogP contribution in [0.2, 0.25) is 0 Å². The molecule has 1 heterocycles. The van der Waals surface area contributed by atoms with Crippen molar-refractivity contribution in [2.24, 2.45) is 5.73 Å². The second-order valence-electron chi connectivity index (χ2n) is 3.54. The maximum atomic E-state index is 5.54. The highest BCUT2D eigenvalue weighted by molar-refractivity contribution is 5.61. The zero-order chi connectivity index (χ0) is 10.8. The molecular formula is C12H14N2O. The normalized spacial score (nSPS) is 10.6. The minimum absolute atomic E-state index is 0.567. The molecule has 0 radical (unpaired) electrons. The van der Waals surface area contributed by atoms with Crippen molar-refractivity contribution in [3.63, 3.8) is 0 Å². The molecule has 0 spiro atoms. The van der Waals surface area contributed by atoms with Gasteiger partial charge in [-0.1, -0.05) is 24.3 Å². The van der Waals surface area contributed by atoms with E-state index in [1.165, 1.54) is 0 Å². The lowest BCUT2D eigenvalue weighted by atomic mass is 10.1. The van der Waals surface area contributed by atoms with Gasteiger partial charge in [0.1, 0.15) is 11.5 Å². The molecule has 15 heavy (non-hydrogen) atoms. The van der Waals surface area contributed by atoms with Gasteiger partial charge in [-0.2, -0.15) is 0 Å². The summed E-state index contributed by atoms with van der Waals surface area (Å²) in [4.78, 5) is 4.34. The number of rotatable bonds is 2. The summed E-state index contributed by atoms with van der Waals surface area (Å²) in [5.74, 6) is 1.55. The Bertz CT molecular complexity index is 457. The summed E-state index contributed by atoms with van der Waals surface area (Å²) in [6.07, 6.45) is 0. The van der Waals surface area contributed by atoms with Gasteiger partial charge in [-0.3, -0.25) is 0 Å². The fourth-order valence-corrected chi connectivity index (χ4v) is 1.60. The van der Waals surface area contributed by atoms with Crippen LogP contribution >= 0.6 is 0 Å². The molecule has 0 atom stereocenters. The molecular weight excluding hydrogens is 188 g/mol. The molecule has 0 amide bonds. The van der Waals surface area contributed by atoms with Gasteiger partial charge in [0.05, 0.1) is 0 Å². The number of hydrogen-bond donors (Lipinski definition) is 1. The first kappa shape index (κ1) is 9.93. The van der Waals surface area contributed by atoms with E-state index >= 15 is 0 Å². The first-order valence-electron chi connectivity index (χ1n) is 4.94. The third-order valence-corrected chi connectivity index (χ3v) is 2.37. The molecule has 2 N–H and O–H groups in total. The second kappa shape index (κ2) is 3.87. The number of oxazole rings is 1. The summed E-state index contributed by atoms with van der Waals surface area (Å²) in [5.41, 5.74) is 8.64. The van der Waals surface area contributed by atoms with Crippen LogP contribution in [0.3, 0.4) is 0 Å². The van der Waals surface area contributed by atoms with E-state index < -0.39 is 0 Å². The van der Waals surface area contributed by atoms with Gasteiger partial charge in [-0.15, -0.1) is 0 Å². The Morgan fingerprint density at radius 3 is 2.33 bits per heavy atom. The van der Waals surface area contributed by atoms with Gasteiger partial charge >= 0.3 is 0 Å². The van der Waals surface area contributed by atoms with Crippen LogP contribution in [0.25, 0.3) is 11.3 Å². The van der Waals surface area contributed by atoms with Crippen LogP contribution in [0.5, 0.6) is 0 Å². The quantitative estimate of drug-likeness (QED) is 0.813. The van der Waals surface area contributed by atoms with Crippen LogP contribution < -0.4 is 5.73 Å². The first-order chi connectivity index (χ1) is 7.20. The number of aromatic nitrogens is 1. The molecule has 3 nitrogen and oxygen atoms in total. The molecule has 3 heteroatoms. The summed E-state index contributed by atoms with van der Waals surface area (Å²) in [7, 11) is 0. The number of benzene rings is 1. The van der Waals surface area contributed by atoms with E-state index in [1.54, 1.807) is 0 Å². The molecule has 0 aliphatic heterocycles. The Morgan fingerprint density at radius 2 is 1.87 bits per heavy atom. The van der Waals surface area contributed by atoms with Crippen LogP contribution in [0.4, 0.5) is 0 Å². The van der Waals surface area contributed by atoms with Gasteiger partial charge in [0.15, 0.2) is 5.89 Å². The van der Waals surface area contributed by atoms with Crippen LogP contribution in [0, 0.1) is 13.8 Å². The number of nitrogens with two attached hydrogens (primary N) is 1. The predicted molar refractivity (Wildman–Crippen MR) is 59.3 cm³/mol. The Balaban J connectivity index is 2.41. The molecule has 1 aromatic carbocycles. The Labute approximate surface area is 88.9 Å². The highest BCUT2D eigenvalue weighted by Gasteiger charge is 2.08. The van der Waals surface area contributed by atoms with Gasteiger partial charge < -0.3 is 10.2 Å². The van der Waals surface area contributed by atoms with E-state index in [0.717, 1.165) is 22.6 Å². The minimum Gasteiger partial charge on any atom is -0.446 e. The maximum absolute atomic E-state index is 5.54. The van der Waals surface area contributed by atoms with Crippen LogP contribution in [0.15, 0.2) is 28.7 Å². The lowest BCUT2D eigenvalue weighted by molar-refractivity contribution is 0.495. The van der Waals surface area contributed by atoms with E-state index in [2.05, 4.69) is 4.98 Å². The van der Waals surface area contributed by atoms with Crippen LogP contribution in [0.1, 0.15) is 17.2 Å². The molecule has 0 saturated heterocycles. The van der Waals surface area contributed by atoms with E-state index in [1.807, 2.05) is 38.1 Å². The van der Waals surface area contributed by atoms with Crippen molar-refractivity contribution in [1.82, 2.24) is 4.98 Å². The van der Waals surface area contributed by atoms with Gasteiger partial charge in [-0.05, 0) is 12.5 Å². The van der Waals surface area contributed by atoms with Gasteiger partial charge in [0, 0.05) is 19.0 Å². The number of hydrogen-bond acceptors (Lipinski definition) is 3. The average Bonchev–Trinajstić information content (AvgIpc) is 2.58. The van der Waals surface area contributed by atoms with Crippen molar-refractivity contribution in [3.8, 4) is 11.3 Å². The molecule has 0 saturated carbocycles. The molecule has 2 aromatic rings. The van der Waals surface area contributed by atoms with E-state index in [-0.39, 0.29) is 0 Å². The molecule has 78 valence electrons. The lowest BCUT2D eigenvalue weighted by Crippen LogP contribution is -1.95. The second-order valence-corrected chi connectivity index (χ2v) is 3.54. The molecule has 0 unspecified atom stereocenters. The minimum atomic E-state index is 0.567. The zero-order valence-electron chi connectivity index (χ0n) is 8.95. The lowest BCUT2D eigenvalue weighted by Gasteiger charge is -1.99. The monoisotopic (exact) mass is 202 g/mol. The van der Waals surface area contributed by atoms with Crippen molar-refractivity contribution in [2.75, 3.05) is 0 Å². The predicted octanol–water partition coefficient (Wildman–Crippen LogP) is 2.42. The van der Waals surface area contributed by atoms with E-state index in [0.29, 0.717) is 12.4 Å². The Morgan fingerprint density at radius 1 is 1.20 bits per heavy atom. The van der Waals surface area contributed by atoms with Crippen LogP contribution in [-0.2, 0) is 6.54 Å². The highest BCUT2D eigenvalue weighted by Crippen LogP contribution is 2.23. The zero-order valence-corrected chi connectivity index (χ0v) is 8.95. The number of aryl methyl sites for hydroxylation is 2. The number of nitrogens with zero attached hydrogens (tertiary/aromatic N) is 1. The summed E-state index contributed by atoms with van der Waals surface area (Å²) < 4.78 is 5.39. The van der Waals surface area contributed by atoms with Crippen molar-refractivity contribution >= 4 is 0 Å². The maximum Gasteiger partial charge on any atom is 0.191 e. The van der Waals surface area contributed by atoms with E-state index in [4.69, 9.17) is 10.2 Å². The van der Waals surface area contributed by atoms with E-state index in [9.17, 15) is 0 Å². The van der Waals surface area contributed by atoms with Crippen molar-refractivity contribution in [3.05, 3.63) is 41.5 Å². The van der Waals surface area contributed by atoms with Gasteiger partial charge in [0.2, 0.25) is 0 Å². The third kappa shape index (κ3) is 1.92. The Hall–Kier alpha value is -1.61. The summed E-state index contributed by atoms with van der Waals surface area (Å²) >= 11 is 0. The summed E-state index contributed by atoms with van der Waals surface area (Å²) in [5, 5.41) is 0. The SMILES string of the molecule is Cc1nc(-c2ccc(CN)cc2)c(C)o1. The van der Waals surface area contributed by atoms with Gasteiger partial charge in [-0.25, -0.2) is 4.98 Å². The molecule has 0 bridgehead atoms.